The average Bonchev–Trinajstić information content (AvgIpc) is 2.87. The van der Waals surface area contributed by atoms with Crippen LogP contribution < -0.4 is 20.9 Å². The summed E-state index contributed by atoms with van der Waals surface area (Å²) < 4.78 is 0. The van der Waals surface area contributed by atoms with Gasteiger partial charge in [0, 0.05) is 61.9 Å². The van der Waals surface area contributed by atoms with Gasteiger partial charge in [0.05, 0.1) is 10.7 Å². The molecule has 1 fully saturated rings. The molecule has 0 atom stereocenters. The van der Waals surface area contributed by atoms with Gasteiger partial charge >= 0.3 is 0 Å². The topological polar surface area (TPSA) is 102 Å². The van der Waals surface area contributed by atoms with Crippen LogP contribution in [0.3, 0.4) is 0 Å². The number of carbonyl (C=O) groups excluding carboxylic acids is 2. The summed E-state index contributed by atoms with van der Waals surface area (Å²) in [7, 11) is 0. The van der Waals surface area contributed by atoms with Crippen molar-refractivity contribution in [3.63, 3.8) is 0 Å². The number of hydrogen-bond acceptors (Lipinski definition) is 7. The fraction of sp³-hybridized carbons (Fsp3) is 0.231. The van der Waals surface area contributed by atoms with Crippen LogP contribution in [0, 0.1) is 6.92 Å². The summed E-state index contributed by atoms with van der Waals surface area (Å²) in [5.74, 6) is 0.837. The van der Waals surface area contributed by atoms with Crippen LogP contribution >= 0.6 is 11.6 Å². The summed E-state index contributed by atoms with van der Waals surface area (Å²) in [5, 5.41) is 9.75. The number of anilines is 6. The lowest BCUT2D eigenvalue weighted by Gasteiger charge is -2.35. The van der Waals surface area contributed by atoms with E-state index in [1.165, 1.54) is 6.08 Å². The van der Waals surface area contributed by atoms with E-state index in [9.17, 15) is 9.59 Å². The number of carbonyl (C=O) groups is 2. The van der Waals surface area contributed by atoms with Crippen LogP contribution in [0.4, 0.5) is 34.5 Å². The molecule has 1 aliphatic heterocycles. The summed E-state index contributed by atoms with van der Waals surface area (Å²) >= 11 is 6.58. The first-order chi connectivity index (χ1) is 17.3. The summed E-state index contributed by atoms with van der Waals surface area (Å²) in [6, 6.07) is 13.1. The number of nitrogens with zero attached hydrogens (tertiary/aromatic N) is 4. The molecule has 1 saturated heterocycles. The maximum Gasteiger partial charge on any atom is 0.247 e. The van der Waals surface area contributed by atoms with Crippen molar-refractivity contribution < 1.29 is 9.59 Å². The first kappa shape index (κ1) is 25.0. The monoisotopic (exact) mass is 505 g/mol. The van der Waals surface area contributed by atoms with E-state index in [2.05, 4.69) is 37.4 Å². The molecule has 0 spiro atoms. The number of aromatic nitrogens is 2. The Balaban J connectivity index is 1.45. The molecule has 0 bridgehead atoms. The minimum atomic E-state index is -0.280. The highest BCUT2D eigenvalue weighted by atomic mass is 35.5. The van der Waals surface area contributed by atoms with Crippen molar-refractivity contribution in [1.29, 1.82) is 0 Å². The van der Waals surface area contributed by atoms with Gasteiger partial charge in [-0.3, -0.25) is 9.59 Å². The van der Waals surface area contributed by atoms with E-state index in [0.29, 0.717) is 41.3 Å². The molecule has 1 aromatic heterocycles. The molecular formula is C26H28ClN7O2. The minimum Gasteiger partial charge on any atom is -0.368 e. The van der Waals surface area contributed by atoms with Crippen molar-refractivity contribution in [2.24, 2.45) is 0 Å². The van der Waals surface area contributed by atoms with Gasteiger partial charge in [-0.25, -0.2) is 4.98 Å². The van der Waals surface area contributed by atoms with Crippen molar-refractivity contribution in [2.45, 2.75) is 13.8 Å². The molecule has 186 valence electrons. The smallest absolute Gasteiger partial charge is 0.247 e. The predicted molar refractivity (Wildman–Crippen MR) is 145 cm³/mol. The van der Waals surface area contributed by atoms with Gasteiger partial charge in [0.2, 0.25) is 17.8 Å². The molecule has 3 aromatic rings. The Hall–Kier alpha value is -4.11. The molecule has 3 N–H and O–H groups in total. The van der Waals surface area contributed by atoms with Crippen molar-refractivity contribution in [2.75, 3.05) is 47.0 Å². The van der Waals surface area contributed by atoms with Gasteiger partial charge in [0.15, 0.2) is 0 Å². The number of halogens is 1. The second-order valence-corrected chi connectivity index (χ2v) is 8.81. The zero-order chi connectivity index (χ0) is 25.7. The molecule has 4 rings (SSSR count). The number of aryl methyl sites for hydroxylation is 1. The van der Waals surface area contributed by atoms with E-state index < -0.39 is 0 Å². The van der Waals surface area contributed by atoms with Gasteiger partial charge in [0.25, 0.3) is 0 Å². The molecule has 0 aliphatic carbocycles. The Morgan fingerprint density at radius 1 is 1.06 bits per heavy atom. The molecule has 0 saturated carbocycles. The van der Waals surface area contributed by atoms with E-state index in [0.717, 1.165) is 30.0 Å². The van der Waals surface area contributed by atoms with Gasteiger partial charge < -0.3 is 25.8 Å². The number of benzene rings is 2. The SMILES string of the molecule is C=CC(=O)Nc1cccc(Nc2nc(Nc3ccc(N4CCN(C(C)=O)CC4)cc3Cl)ncc2C)c1. The number of rotatable bonds is 7. The van der Waals surface area contributed by atoms with E-state index >= 15 is 0 Å². The number of piperazine rings is 1. The van der Waals surface area contributed by atoms with Crippen molar-refractivity contribution in [3.05, 3.63) is 71.9 Å². The Kier molecular flexibility index (Phi) is 7.70. The maximum atomic E-state index is 11.6. The Morgan fingerprint density at radius 2 is 1.81 bits per heavy atom. The lowest BCUT2D eigenvalue weighted by Crippen LogP contribution is -2.48. The standard InChI is InChI=1S/C26H28ClN7O2/c1-4-24(36)29-19-6-5-7-20(14-19)30-25-17(2)16-28-26(32-25)31-23-9-8-21(15-22(23)27)34-12-10-33(11-13-34)18(3)35/h4-9,14-16H,1,10-13H2,2-3H3,(H,29,36)(H2,28,30,31,32). The lowest BCUT2D eigenvalue weighted by atomic mass is 10.2. The second-order valence-electron chi connectivity index (χ2n) is 8.41. The Morgan fingerprint density at radius 3 is 2.50 bits per heavy atom. The third kappa shape index (κ3) is 6.11. The molecule has 2 heterocycles. The predicted octanol–water partition coefficient (Wildman–Crippen LogP) is 4.72. The highest BCUT2D eigenvalue weighted by molar-refractivity contribution is 6.33. The molecule has 36 heavy (non-hydrogen) atoms. The number of nitrogens with one attached hydrogen (secondary N) is 3. The zero-order valence-electron chi connectivity index (χ0n) is 20.2. The van der Waals surface area contributed by atoms with Crippen LogP contribution in [-0.2, 0) is 9.59 Å². The third-order valence-corrected chi connectivity index (χ3v) is 6.15. The summed E-state index contributed by atoms with van der Waals surface area (Å²) in [6.45, 7) is 9.89. The Bertz CT molecular complexity index is 1290. The third-order valence-electron chi connectivity index (χ3n) is 5.84. The van der Waals surface area contributed by atoms with Crippen LogP contribution in [0.25, 0.3) is 0 Å². The molecule has 9 nitrogen and oxygen atoms in total. The van der Waals surface area contributed by atoms with Crippen molar-refractivity contribution in [3.8, 4) is 0 Å². The molecule has 0 radical (unpaired) electrons. The van der Waals surface area contributed by atoms with Gasteiger partial charge in [-0.15, -0.1) is 0 Å². The van der Waals surface area contributed by atoms with Crippen LogP contribution in [0.1, 0.15) is 12.5 Å². The zero-order valence-corrected chi connectivity index (χ0v) is 21.0. The van der Waals surface area contributed by atoms with Crippen molar-refractivity contribution in [1.82, 2.24) is 14.9 Å². The van der Waals surface area contributed by atoms with Gasteiger partial charge in [-0.2, -0.15) is 4.98 Å². The fourth-order valence-electron chi connectivity index (χ4n) is 3.84. The van der Waals surface area contributed by atoms with Crippen LogP contribution in [-0.4, -0.2) is 52.9 Å². The first-order valence-electron chi connectivity index (χ1n) is 11.5. The van der Waals surface area contributed by atoms with Gasteiger partial charge in [-0.1, -0.05) is 24.2 Å². The fourth-order valence-corrected chi connectivity index (χ4v) is 4.06. The van der Waals surface area contributed by atoms with E-state index in [4.69, 9.17) is 11.6 Å². The normalized spacial score (nSPS) is 13.2. The largest absolute Gasteiger partial charge is 0.368 e. The van der Waals surface area contributed by atoms with Gasteiger partial charge in [0.1, 0.15) is 5.82 Å². The van der Waals surface area contributed by atoms with Crippen molar-refractivity contribution >= 4 is 57.9 Å². The molecule has 2 aromatic carbocycles. The van der Waals surface area contributed by atoms with E-state index in [-0.39, 0.29) is 11.8 Å². The highest BCUT2D eigenvalue weighted by Gasteiger charge is 2.19. The maximum absolute atomic E-state index is 11.6. The molecular weight excluding hydrogens is 478 g/mol. The van der Waals surface area contributed by atoms with Crippen LogP contribution in [0.15, 0.2) is 61.3 Å². The summed E-state index contributed by atoms with van der Waals surface area (Å²) in [6.07, 6.45) is 2.94. The molecule has 1 aliphatic rings. The quantitative estimate of drug-likeness (QED) is 0.399. The summed E-state index contributed by atoms with van der Waals surface area (Å²) in [4.78, 5) is 36.2. The molecule has 2 amide bonds. The summed E-state index contributed by atoms with van der Waals surface area (Å²) in [5.41, 5.74) is 3.95. The molecule has 0 unspecified atom stereocenters. The number of hydrogen-bond donors (Lipinski definition) is 3. The highest BCUT2D eigenvalue weighted by Crippen LogP contribution is 2.30. The Labute approximate surface area is 215 Å². The van der Waals surface area contributed by atoms with Crippen LogP contribution in [0.2, 0.25) is 5.02 Å². The van der Waals surface area contributed by atoms with E-state index in [1.807, 2.05) is 48.2 Å². The lowest BCUT2D eigenvalue weighted by molar-refractivity contribution is -0.129. The molecule has 10 heteroatoms. The van der Waals surface area contributed by atoms with E-state index in [1.54, 1.807) is 19.2 Å². The first-order valence-corrected chi connectivity index (χ1v) is 11.9. The van der Waals surface area contributed by atoms with Crippen LogP contribution in [0.5, 0.6) is 0 Å². The number of amides is 2. The second kappa shape index (κ2) is 11.1. The van der Waals surface area contributed by atoms with Gasteiger partial charge in [-0.05, 0) is 49.4 Å². The minimum absolute atomic E-state index is 0.103. The average molecular weight is 506 g/mol.